The van der Waals surface area contributed by atoms with Crippen LogP contribution in [0.5, 0.6) is 0 Å². The van der Waals surface area contributed by atoms with Crippen LogP contribution in [0.3, 0.4) is 0 Å². The molecule has 3 aliphatic rings. The topological polar surface area (TPSA) is 15.3 Å². The fourth-order valence-electron chi connectivity index (χ4n) is 4.64. The summed E-state index contributed by atoms with van der Waals surface area (Å²) in [7, 11) is 0. The molecule has 0 spiro atoms. The predicted octanol–water partition coefficient (Wildman–Crippen LogP) is 5.42. The van der Waals surface area contributed by atoms with Crippen LogP contribution >= 0.6 is 35.0 Å². The van der Waals surface area contributed by atoms with Gasteiger partial charge in [-0.15, -0.1) is 11.8 Å². The summed E-state index contributed by atoms with van der Waals surface area (Å²) >= 11 is 14.6. The molecule has 0 unspecified atom stereocenters. The van der Waals surface area contributed by atoms with Crippen LogP contribution in [0.2, 0.25) is 10.0 Å². The number of anilines is 1. The summed E-state index contributed by atoms with van der Waals surface area (Å²) in [5.41, 5.74) is 5.34. The van der Waals surface area contributed by atoms with Crippen molar-refractivity contribution in [2.45, 2.75) is 29.7 Å². The highest BCUT2D eigenvalue weighted by Gasteiger charge is 2.42. The number of hydrogen-bond donors (Lipinski definition) is 1. The van der Waals surface area contributed by atoms with Gasteiger partial charge in [0, 0.05) is 45.6 Å². The summed E-state index contributed by atoms with van der Waals surface area (Å²) in [4.78, 5) is 4.11. The Morgan fingerprint density at radius 1 is 1.12 bits per heavy atom. The summed E-state index contributed by atoms with van der Waals surface area (Å²) in [6.07, 6.45) is 2.48. The van der Waals surface area contributed by atoms with Gasteiger partial charge in [-0.3, -0.25) is 0 Å². The first-order valence-corrected chi connectivity index (χ1v) is 10.7. The Kier molecular flexibility index (Phi) is 4.16. The maximum atomic E-state index is 6.54. The summed E-state index contributed by atoms with van der Waals surface area (Å²) < 4.78 is 0. The number of rotatable bonds is 1. The first kappa shape index (κ1) is 16.3. The SMILES string of the molecule is Clc1ccc(-c2ccc3c4c2SCCCN4[C@H]2CCNC[C@@H]32)c(Cl)c1. The maximum absolute atomic E-state index is 6.54. The van der Waals surface area contributed by atoms with E-state index >= 15 is 0 Å². The van der Waals surface area contributed by atoms with E-state index in [2.05, 4.69) is 28.4 Å². The minimum Gasteiger partial charge on any atom is -0.367 e. The van der Waals surface area contributed by atoms with Crippen LogP contribution in [0, 0.1) is 0 Å². The minimum absolute atomic E-state index is 0.621. The Hall–Kier alpha value is -0.870. The van der Waals surface area contributed by atoms with Gasteiger partial charge in [0.1, 0.15) is 0 Å². The molecule has 0 saturated carbocycles. The third kappa shape index (κ3) is 2.59. The third-order valence-corrected chi connectivity index (χ3v) is 7.45. The van der Waals surface area contributed by atoms with Gasteiger partial charge in [-0.25, -0.2) is 0 Å². The van der Waals surface area contributed by atoms with Gasteiger partial charge in [0.2, 0.25) is 0 Å². The first-order chi connectivity index (χ1) is 12.2. The van der Waals surface area contributed by atoms with Crippen molar-refractivity contribution < 1.29 is 0 Å². The van der Waals surface area contributed by atoms with E-state index in [0.29, 0.717) is 17.0 Å². The highest BCUT2D eigenvalue weighted by Crippen LogP contribution is 2.53. The van der Waals surface area contributed by atoms with Crippen LogP contribution in [0.4, 0.5) is 5.69 Å². The summed E-state index contributed by atoms with van der Waals surface area (Å²) in [5, 5.41) is 5.01. The standard InChI is InChI=1S/C20H20Cl2N2S/c21-12-2-3-13(17(22)10-12)15-5-4-14-16-11-23-7-6-18(16)24-8-1-9-25-20(15)19(14)24/h2-5,10,16,18,23H,1,6-9,11H2/t16-,18-/m0/s1. The normalized spacial score (nSPS) is 24.6. The van der Waals surface area contributed by atoms with Gasteiger partial charge in [0.05, 0.1) is 5.69 Å². The molecule has 5 rings (SSSR count). The van der Waals surface area contributed by atoms with E-state index in [9.17, 15) is 0 Å². The second-order valence-corrected chi connectivity index (χ2v) is 9.02. The van der Waals surface area contributed by atoms with Crippen LogP contribution in [0.25, 0.3) is 11.1 Å². The van der Waals surface area contributed by atoms with Crippen LogP contribution in [-0.4, -0.2) is 31.4 Å². The molecule has 0 amide bonds. The molecule has 25 heavy (non-hydrogen) atoms. The molecule has 2 nitrogen and oxygen atoms in total. The van der Waals surface area contributed by atoms with E-state index in [4.69, 9.17) is 23.2 Å². The van der Waals surface area contributed by atoms with Crippen LogP contribution in [-0.2, 0) is 0 Å². The van der Waals surface area contributed by atoms with Crippen LogP contribution in [0.1, 0.15) is 24.3 Å². The van der Waals surface area contributed by atoms with Crippen molar-refractivity contribution in [1.29, 1.82) is 0 Å². The molecule has 2 atom stereocenters. The maximum Gasteiger partial charge on any atom is 0.0550 e. The van der Waals surface area contributed by atoms with Crippen molar-refractivity contribution in [2.75, 3.05) is 30.3 Å². The molecule has 5 heteroatoms. The zero-order valence-corrected chi connectivity index (χ0v) is 16.2. The quantitative estimate of drug-likeness (QED) is 0.699. The average molecular weight is 391 g/mol. The molecule has 0 bridgehead atoms. The van der Waals surface area contributed by atoms with Crippen molar-refractivity contribution in [3.8, 4) is 11.1 Å². The molecule has 2 aromatic carbocycles. The molecule has 1 saturated heterocycles. The Bertz CT molecular complexity index is 839. The summed E-state index contributed by atoms with van der Waals surface area (Å²) in [6, 6.07) is 11.1. The van der Waals surface area contributed by atoms with Crippen molar-refractivity contribution in [2.24, 2.45) is 0 Å². The van der Waals surface area contributed by atoms with Crippen molar-refractivity contribution in [3.05, 3.63) is 45.9 Å². The number of benzene rings is 2. The smallest absolute Gasteiger partial charge is 0.0550 e. The van der Waals surface area contributed by atoms with Crippen molar-refractivity contribution >= 4 is 40.7 Å². The second-order valence-electron chi connectivity index (χ2n) is 7.07. The molecule has 130 valence electrons. The van der Waals surface area contributed by atoms with E-state index in [-0.39, 0.29) is 0 Å². The van der Waals surface area contributed by atoms with Gasteiger partial charge < -0.3 is 10.2 Å². The van der Waals surface area contributed by atoms with Gasteiger partial charge >= 0.3 is 0 Å². The van der Waals surface area contributed by atoms with Gasteiger partial charge in [0.15, 0.2) is 0 Å². The fraction of sp³-hybridized carbons (Fsp3) is 0.400. The molecule has 3 aliphatic heterocycles. The zero-order valence-electron chi connectivity index (χ0n) is 13.9. The molecule has 0 radical (unpaired) electrons. The molecule has 2 aromatic rings. The number of piperidine rings is 1. The molecule has 1 N–H and O–H groups in total. The van der Waals surface area contributed by atoms with Crippen molar-refractivity contribution in [1.82, 2.24) is 5.32 Å². The van der Waals surface area contributed by atoms with E-state index in [1.54, 1.807) is 0 Å². The van der Waals surface area contributed by atoms with E-state index in [0.717, 1.165) is 23.7 Å². The molecule has 3 heterocycles. The Balaban J connectivity index is 1.71. The van der Waals surface area contributed by atoms with Gasteiger partial charge in [-0.2, -0.15) is 0 Å². The van der Waals surface area contributed by atoms with Gasteiger partial charge in [-0.05, 0) is 48.4 Å². The number of thioether (sulfide) groups is 1. The molecule has 0 aromatic heterocycles. The Morgan fingerprint density at radius 2 is 2.00 bits per heavy atom. The fourth-order valence-corrected chi connectivity index (χ4v) is 6.33. The summed E-state index contributed by atoms with van der Waals surface area (Å²) in [6.45, 7) is 3.40. The lowest BCUT2D eigenvalue weighted by atomic mass is 9.89. The Labute approximate surface area is 162 Å². The van der Waals surface area contributed by atoms with E-state index in [1.807, 2.05) is 23.9 Å². The molecular weight excluding hydrogens is 371 g/mol. The van der Waals surface area contributed by atoms with Gasteiger partial charge in [0.25, 0.3) is 0 Å². The first-order valence-electron chi connectivity index (χ1n) is 8.96. The van der Waals surface area contributed by atoms with Gasteiger partial charge in [-0.1, -0.05) is 41.4 Å². The number of nitrogens with one attached hydrogen (secondary N) is 1. The number of nitrogens with zero attached hydrogens (tertiary/aromatic N) is 1. The lowest BCUT2D eigenvalue weighted by Crippen LogP contribution is -2.44. The lowest BCUT2D eigenvalue weighted by molar-refractivity contribution is 0.403. The van der Waals surface area contributed by atoms with Crippen LogP contribution < -0.4 is 10.2 Å². The lowest BCUT2D eigenvalue weighted by Gasteiger charge is -2.33. The predicted molar refractivity (Wildman–Crippen MR) is 109 cm³/mol. The highest BCUT2D eigenvalue weighted by atomic mass is 35.5. The Morgan fingerprint density at radius 3 is 2.88 bits per heavy atom. The molecular formula is C20H20Cl2N2S. The average Bonchev–Trinajstić information content (AvgIpc) is 2.77. The highest BCUT2D eigenvalue weighted by molar-refractivity contribution is 7.99. The second kappa shape index (κ2) is 6.38. The van der Waals surface area contributed by atoms with Crippen LogP contribution in [0.15, 0.2) is 35.2 Å². The van der Waals surface area contributed by atoms with E-state index in [1.165, 1.54) is 46.8 Å². The largest absolute Gasteiger partial charge is 0.367 e. The number of fused-ring (bicyclic) bond motifs is 3. The molecule has 0 aliphatic carbocycles. The summed E-state index contributed by atoms with van der Waals surface area (Å²) in [5.74, 6) is 1.79. The molecule has 1 fully saturated rings. The number of hydrogen-bond acceptors (Lipinski definition) is 3. The van der Waals surface area contributed by atoms with Crippen molar-refractivity contribution in [3.63, 3.8) is 0 Å². The number of halogens is 2. The zero-order chi connectivity index (χ0) is 17.0. The monoisotopic (exact) mass is 390 g/mol. The minimum atomic E-state index is 0.621. The van der Waals surface area contributed by atoms with E-state index < -0.39 is 0 Å². The third-order valence-electron chi connectivity index (χ3n) is 5.71.